The average molecular weight is 271 g/mol. The molecule has 0 aromatic carbocycles. The maximum absolute atomic E-state index is 12.0. The van der Waals surface area contributed by atoms with Gasteiger partial charge in [-0.25, -0.2) is 0 Å². The second-order valence-electron chi connectivity index (χ2n) is 5.07. The van der Waals surface area contributed by atoms with Crippen LogP contribution in [0.1, 0.15) is 33.1 Å². The Morgan fingerprint density at radius 3 is 2.68 bits per heavy atom. The van der Waals surface area contributed by atoms with Crippen LogP contribution in [0.15, 0.2) is 0 Å². The van der Waals surface area contributed by atoms with Crippen molar-refractivity contribution in [2.75, 3.05) is 45.9 Å². The molecule has 112 valence electrons. The minimum atomic E-state index is -0.0249. The Kier molecular flexibility index (Phi) is 8.79. The number of nitrogens with one attached hydrogen (secondary N) is 2. The first-order chi connectivity index (χ1) is 9.25. The summed E-state index contributed by atoms with van der Waals surface area (Å²) in [5.41, 5.74) is 0. The first-order valence-electron chi connectivity index (χ1n) is 7.56. The molecule has 2 N–H and O–H groups in total. The normalized spacial score (nSPS) is 18.2. The van der Waals surface area contributed by atoms with E-state index in [1.165, 1.54) is 6.42 Å². The van der Waals surface area contributed by atoms with Crippen molar-refractivity contribution in [3.63, 3.8) is 0 Å². The van der Waals surface area contributed by atoms with Crippen molar-refractivity contribution in [1.29, 1.82) is 0 Å². The summed E-state index contributed by atoms with van der Waals surface area (Å²) < 4.78 is 5.46. The predicted octanol–water partition coefficient (Wildman–Crippen LogP) is 0.603. The highest BCUT2D eigenvalue weighted by Crippen LogP contribution is 2.00. The molecule has 0 aliphatic carbocycles. The minimum absolute atomic E-state index is 0.0249. The molecule has 5 heteroatoms. The molecule has 0 saturated carbocycles. The molecular weight excluding hydrogens is 242 g/mol. The van der Waals surface area contributed by atoms with Gasteiger partial charge >= 0.3 is 0 Å². The molecule has 0 aromatic heterocycles. The van der Waals surface area contributed by atoms with E-state index in [2.05, 4.69) is 22.5 Å². The van der Waals surface area contributed by atoms with Gasteiger partial charge in [0.2, 0.25) is 5.91 Å². The van der Waals surface area contributed by atoms with E-state index in [-0.39, 0.29) is 11.9 Å². The Balaban J connectivity index is 2.03. The van der Waals surface area contributed by atoms with Crippen LogP contribution in [0.4, 0.5) is 0 Å². The highest BCUT2D eigenvalue weighted by Gasteiger charge is 2.21. The van der Waals surface area contributed by atoms with Crippen LogP contribution in [0.5, 0.6) is 0 Å². The fraction of sp³-hybridized carbons (Fsp3) is 0.929. The molecular formula is C14H29N3O2. The molecule has 0 spiro atoms. The van der Waals surface area contributed by atoms with E-state index in [0.717, 1.165) is 52.2 Å². The molecule has 0 radical (unpaired) electrons. The number of piperazine rings is 1. The van der Waals surface area contributed by atoms with Crippen LogP contribution in [0.25, 0.3) is 0 Å². The van der Waals surface area contributed by atoms with E-state index in [4.69, 9.17) is 4.74 Å². The number of unbranched alkanes of at least 4 members (excludes halogenated alkanes) is 1. The lowest BCUT2D eigenvalue weighted by Crippen LogP contribution is -2.52. The van der Waals surface area contributed by atoms with Crippen molar-refractivity contribution in [3.05, 3.63) is 0 Å². The van der Waals surface area contributed by atoms with Crippen LogP contribution < -0.4 is 10.6 Å². The molecule has 1 amide bonds. The van der Waals surface area contributed by atoms with Gasteiger partial charge < -0.3 is 15.4 Å². The average Bonchev–Trinajstić information content (AvgIpc) is 2.46. The van der Waals surface area contributed by atoms with Gasteiger partial charge in [0, 0.05) is 45.9 Å². The minimum Gasteiger partial charge on any atom is -0.381 e. The second-order valence-corrected chi connectivity index (χ2v) is 5.07. The number of hydrogen-bond donors (Lipinski definition) is 2. The highest BCUT2D eigenvalue weighted by atomic mass is 16.5. The lowest BCUT2D eigenvalue weighted by atomic mass is 10.2. The van der Waals surface area contributed by atoms with Crippen LogP contribution in [-0.4, -0.2) is 62.8 Å². The Labute approximate surface area is 117 Å². The van der Waals surface area contributed by atoms with Crippen molar-refractivity contribution >= 4 is 5.91 Å². The number of carbonyl (C=O) groups is 1. The fourth-order valence-corrected chi connectivity index (χ4v) is 2.12. The van der Waals surface area contributed by atoms with Crippen LogP contribution in [0, 0.1) is 0 Å². The quantitative estimate of drug-likeness (QED) is 0.603. The van der Waals surface area contributed by atoms with E-state index in [1.54, 1.807) is 0 Å². The predicted molar refractivity (Wildman–Crippen MR) is 77.3 cm³/mol. The molecule has 0 aromatic rings. The smallest absolute Gasteiger partial charge is 0.237 e. The van der Waals surface area contributed by atoms with E-state index in [0.29, 0.717) is 6.54 Å². The molecule has 1 aliphatic heterocycles. The topological polar surface area (TPSA) is 53.6 Å². The molecule has 19 heavy (non-hydrogen) atoms. The molecule has 1 heterocycles. The van der Waals surface area contributed by atoms with Crippen LogP contribution in [0.3, 0.4) is 0 Å². The first-order valence-corrected chi connectivity index (χ1v) is 7.56. The van der Waals surface area contributed by atoms with E-state index in [1.807, 2.05) is 6.92 Å². The standard InChI is InChI=1S/C14H29N3O2/c1-3-4-11-19-12-5-6-16-14(18)13(2)17-9-7-15-8-10-17/h13,15H,3-12H2,1-2H3,(H,16,18). The summed E-state index contributed by atoms with van der Waals surface area (Å²) in [6, 6.07) is -0.0249. The number of rotatable bonds is 9. The van der Waals surface area contributed by atoms with Gasteiger partial charge in [-0.15, -0.1) is 0 Å². The molecule has 1 aliphatic rings. The summed E-state index contributed by atoms with van der Waals surface area (Å²) in [5.74, 6) is 0.135. The molecule has 1 fully saturated rings. The van der Waals surface area contributed by atoms with Crippen LogP contribution in [-0.2, 0) is 9.53 Å². The van der Waals surface area contributed by atoms with Crippen LogP contribution in [0.2, 0.25) is 0 Å². The third-order valence-electron chi connectivity index (χ3n) is 3.49. The molecule has 1 rings (SSSR count). The van der Waals surface area contributed by atoms with E-state index >= 15 is 0 Å². The SMILES string of the molecule is CCCCOCCCNC(=O)C(C)N1CCNCC1. The van der Waals surface area contributed by atoms with Gasteiger partial charge in [-0.05, 0) is 19.8 Å². The first kappa shape index (κ1) is 16.4. The summed E-state index contributed by atoms with van der Waals surface area (Å²) in [7, 11) is 0. The number of ether oxygens (including phenoxy) is 1. The summed E-state index contributed by atoms with van der Waals surface area (Å²) in [6.45, 7) is 10.3. The van der Waals surface area contributed by atoms with Crippen molar-refractivity contribution in [1.82, 2.24) is 15.5 Å². The number of carbonyl (C=O) groups excluding carboxylic acids is 1. The van der Waals surface area contributed by atoms with Crippen molar-refractivity contribution < 1.29 is 9.53 Å². The van der Waals surface area contributed by atoms with Gasteiger partial charge in [-0.1, -0.05) is 13.3 Å². The van der Waals surface area contributed by atoms with Gasteiger partial charge in [0.15, 0.2) is 0 Å². The van der Waals surface area contributed by atoms with E-state index < -0.39 is 0 Å². The molecule has 0 bridgehead atoms. The monoisotopic (exact) mass is 271 g/mol. The van der Waals surface area contributed by atoms with Crippen molar-refractivity contribution in [2.45, 2.75) is 39.2 Å². The number of nitrogens with zero attached hydrogens (tertiary/aromatic N) is 1. The van der Waals surface area contributed by atoms with E-state index in [9.17, 15) is 4.79 Å². The Bertz CT molecular complexity index is 243. The largest absolute Gasteiger partial charge is 0.381 e. The molecule has 1 atom stereocenters. The zero-order valence-corrected chi connectivity index (χ0v) is 12.4. The molecule has 5 nitrogen and oxygen atoms in total. The van der Waals surface area contributed by atoms with Crippen molar-refractivity contribution in [2.24, 2.45) is 0 Å². The highest BCUT2D eigenvalue weighted by molar-refractivity contribution is 5.81. The van der Waals surface area contributed by atoms with Gasteiger partial charge in [0.1, 0.15) is 0 Å². The zero-order valence-electron chi connectivity index (χ0n) is 12.4. The summed E-state index contributed by atoms with van der Waals surface area (Å²) in [4.78, 5) is 14.2. The fourth-order valence-electron chi connectivity index (χ4n) is 2.12. The lowest BCUT2D eigenvalue weighted by Gasteiger charge is -2.31. The molecule has 1 saturated heterocycles. The maximum Gasteiger partial charge on any atom is 0.237 e. The third-order valence-corrected chi connectivity index (χ3v) is 3.49. The summed E-state index contributed by atoms with van der Waals surface area (Å²) >= 11 is 0. The second kappa shape index (κ2) is 10.2. The molecule has 1 unspecified atom stereocenters. The van der Waals surface area contributed by atoms with Gasteiger partial charge in [-0.3, -0.25) is 9.69 Å². The van der Waals surface area contributed by atoms with Crippen molar-refractivity contribution in [3.8, 4) is 0 Å². The van der Waals surface area contributed by atoms with Gasteiger partial charge in [0.05, 0.1) is 6.04 Å². The third kappa shape index (κ3) is 6.89. The number of amides is 1. The summed E-state index contributed by atoms with van der Waals surface area (Å²) in [6.07, 6.45) is 3.18. The summed E-state index contributed by atoms with van der Waals surface area (Å²) in [5, 5.41) is 6.28. The van der Waals surface area contributed by atoms with Gasteiger partial charge in [0.25, 0.3) is 0 Å². The zero-order chi connectivity index (χ0) is 13.9. The Morgan fingerprint density at radius 2 is 2.00 bits per heavy atom. The number of hydrogen-bond acceptors (Lipinski definition) is 4. The Morgan fingerprint density at radius 1 is 1.32 bits per heavy atom. The van der Waals surface area contributed by atoms with Crippen LogP contribution >= 0.6 is 0 Å². The Hall–Kier alpha value is -0.650. The van der Waals surface area contributed by atoms with Gasteiger partial charge in [-0.2, -0.15) is 0 Å². The maximum atomic E-state index is 12.0. The lowest BCUT2D eigenvalue weighted by molar-refractivity contribution is -0.126.